The van der Waals surface area contributed by atoms with Gasteiger partial charge in [0.15, 0.2) is 0 Å². The summed E-state index contributed by atoms with van der Waals surface area (Å²) in [7, 11) is -3.92. The van der Waals surface area contributed by atoms with Crippen molar-refractivity contribution in [2.75, 3.05) is 19.8 Å². The van der Waals surface area contributed by atoms with E-state index in [1.54, 1.807) is 32.9 Å². The molecule has 0 aliphatic heterocycles. The molecule has 11 heteroatoms. The summed E-state index contributed by atoms with van der Waals surface area (Å²) in [6.07, 6.45) is 4.40. The highest BCUT2D eigenvalue weighted by atomic mass is 31.2. The molecule has 1 aliphatic rings. The van der Waals surface area contributed by atoms with Gasteiger partial charge in [0, 0.05) is 18.7 Å². The van der Waals surface area contributed by atoms with Gasteiger partial charge in [-0.1, -0.05) is 12.2 Å². The summed E-state index contributed by atoms with van der Waals surface area (Å²) in [4.78, 5) is 37.7. The second kappa shape index (κ2) is 9.97. The first-order valence-corrected chi connectivity index (χ1v) is 10.7. The SMILES string of the molecule is CCOC(=O)C(O[C@H]1C=C[C@@H](n2ccc(=O)[nH]c2=O)C1)P(=O)(OCC)OCC. The lowest BCUT2D eigenvalue weighted by atomic mass is 10.2. The van der Waals surface area contributed by atoms with Crippen LogP contribution in [0.1, 0.15) is 33.2 Å². The first-order valence-electron chi connectivity index (χ1n) is 9.05. The lowest BCUT2D eigenvalue weighted by molar-refractivity contribution is -0.154. The van der Waals surface area contributed by atoms with Crippen molar-refractivity contribution in [3.05, 3.63) is 45.3 Å². The highest BCUT2D eigenvalue weighted by molar-refractivity contribution is 7.55. The van der Waals surface area contributed by atoms with Gasteiger partial charge < -0.3 is 18.5 Å². The molecule has 1 aromatic rings. The van der Waals surface area contributed by atoms with Crippen LogP contribution in [0.2, 0.25) is 0 Å². The van der Waals surface area contributed by atoms with E-state index in [2.05, 4.69) is 4.98 Å². The van der Waals surface area contributed by atoms with Gasteiger partial charge in [-0.25, -0.2) is 9.59 Å². The summed E-state index contributed by atoms with van der Waals surface area (Å²) in [6, 6.07) is 0.846. The zero-order valence-corrected chi connectivity index (χ0v) is 16.9. The molecule has 2 rings (SSSR count). The van der Waals surface area contributed by atoms with Crippen LogP contribution in [-0.4, -0.2) is 47.3 Å². The average Bonchev–Trinajstić information content (AvgIpc) is 3.08. The van der Waals surface area contributed by atoms with Crippen molar-refractivity contribution in [1.29, 1.82) is 0 Å². The highest BCUT2D eigenvalue weighted by Gasteiger charge is 2.45. The molecule has 1 heterocycles. The predicted molar refractivity (Wildman–Crippen MR) is 100 cm³/mol. The number of rotatable bonds is 10. The molecule has 0 spiro atoms. The minimum Gasteiger partial charge on any atom is -0.464 e. The van der Waals surface area contributed by atoms with E-state index >= 15 is 0 Å². The molecule has 0 amide bonds. The van der Waals surface area contributed by atoms with Crippen molar-refractivity contribution >= 4 is 13.6 Å². The van der Waals surface area contributed by atoms with Gasteiger partial charge in [-0.3, -0.25) is 18.9 Å². The predicted octanol–water partition coefficient (Wildman–Crippen LogP) is 1.58. The van der Waals surface area contributed by atoms with Gasteiger partial charge in [-0.2, -0.15) is 0 Å². The number of carbonyl (C=O) groups is 1. The fraction of sp³-hybridized carbons (Fsp3) is 0.588. The summed E-state index contributed by atoms with van der Waals surface area (Å²) < 4.78 is 35.6. The molecule has 0 bridgehead atoms. The van der Waals surface area contributed by atoms with Crippen LogP contribution in [-0.2, 0) is 27.9 Å². The monoisotopic (exact) mass is 416 g/mol. The molecular weight excluding hydrogens is 391 g/mol. The molecule has 156 valence electrons. The standard InChI is InChI=1S/C17H25N2O8P/c1-4-24-15(21)16(28(23,25-5-2)26-6-3)27-13-8-7-12(11-13)19-10-9-14(20)18-17(19)22/h7-10,12-13,16H,4-6,11H2,1-3H3,(H,18,20,22)/t12-,13+,16?/m1/s1. The summed E-state index contributed by atoms with van der Waals surface area (Å²) in [5, 5.41) is 0. The Hall–Kier alpha value is -2.00. The van der Waals surface area contributed by atoms with Crippen molar-refractivity contribution in [3.8, 4) is 0 Å². The van der Waals surface area contributed by atoms with Gasteiger partial charge >= 0.3 is 19.3 Å². The smallest absolute Gasteiger partial charge is 0.370 e. The number of hydrogen-bond acceptors (Lipinski definition) is 8. The minimum absolute atomic E-state index is 0.0620. The van der Waals surface area contributed by atoms with E-state index in [1.807, 2.05) is 0 Å². The zero-order valence-electron chi connectivity index (χ0n) is 16.0. The number of allylic oxidation sites excluding steroid dienone is 1. The van der Waals surface area contributed by atoms with Crippen molar-refractivity contribution in [2.45, 2.75) is 45.2 Å². The molecule has 0 radical (unpaired) electrons. The third kappa shape index (κ3) is 5.29. The largest absolute Gasteiger partial charge is 0.464 e. The molecule has 0 fully saturated rings. The second-order valence-corrected chi connectivity index (χ2v) is 7.92. The molecule has 0 aromatic carbocycles. The Balaban J connectivity index is 2.19. The molecule has 1 aromatic heterocycles. The Labute approximate surface area is 162 Å². The van der Waals surface area contributed by atoms with Gasteiger partial charge in [0.25, 0.3) is 11.4 Å². The van der Waals surface area contributed by atoms with Gasteiger partial charge in [0.05, 0.1) is 32.0 Å². The minimum atomic E-state index is -3.92. The topological polar surface area (TPSA) is 126 Å². The van der Waals surface area contributed by atoms with Gasteiger partial charge in [0.1, 0.15) is 0 Å². The van der Waals surface area contributed by atoms with Crippen LogP contribution in [0.3, 0.4) is 0 Å². The number of aromatic nitrogens is 2. The molecule has 10 nitrogen and oxygen atoms in total. The molecule has 3 atom stereocenters. The molecule has 1 unspecified atom stereocenters. The van der Waals surface area contributed by atoms with Crippen molar-refractivity contribution in [2.24, 2.45) is 0 Å². The Morgan fingerprint density at radius 3 is 2.46 bits per heavy atom. The Morgan fingerprint density at radius 1 is 1.21 bits per heavy atom. The average molecular weight is 416 g/mol. The fourth-order valence-electron chi connectivity index (χ4n) is 2.81. The number of ether oxygens (including phenoxy) is 2. The summed E-state index contributed by atoms with van der Waals surface area (Å²) in [5.74, 6) is -2.39. The van der Waals surface area contributed by atoms with Crippen LogP contribution < -0.4 is 11.2 Å². The first-order chi connectivity index (χ1) is 13.3. The Kier molecular flexibility index (Phi) is 7.94. The highest BCUT2D eigenvalue weighted by Crippen LogP contribution is 2.54. The maximum atomic E-state index is 13.1. The van der Waals surface area contributed by atoms with E-state index in [1.165, 1.54) is 16.8 Å². The first kappa shape index (κ1) is 22.3. The van der Waals surface area contributed by atoms with E-state index in [0.29, 0.717) is 6.42 Å². The molecule has 1 aliphatic carbocycles. The second-order valence-electron chi connectivity index (χ2n) is 5.86. The lowest BCUT2D eigenvalue weighted by Crippen LogP contribution is -2.33. The van der Waals surface area contributed by atoms with Crippen molar-refractivity contribution in [1.82, 2.24) is 9.55 Å². The van der Waals surface area contributed by atoms with Gasteiger partial charge in [-0.15, -0.1) is 0 Å². The van der Waals surface area contributed by atoms with Crippen molar-refractivity contribution in [3.63, 3.8) is 0 Å². The van der Waals surface area contributed by atoms with Crippen LogP contribution in [0.5, 0.6) is 0 Å². The molecule has 28 heavy (non-hydrogen) atoms. The van der Waals surface area contributed by atoms with E-state index in [4.69, 9.17) is 18.5 Å². The van der Waals surface area contributed by atoms with E-state index in [9.17, 15) is 18.9 Å². The van der Waals surface area contributed by atoms with Crippen LogP contribution in [0, 0.1) is 0 Å². The van der Waals surface area contributed by atoms with Crippen LogP contribution in [0.25, 0.3) is 0 Å². The van der Waals surface area contributed by atoms with E-state index in [-0.39, 0.29) is 19.8 Å². The molecule has 1 N–H and O–H groups in total. The number of H-pyrrole nitrogens is 1. The summed E-state index contributed by atoms with van der Waals surface area (Å²) in [6.45, 7) is 5.07. The maximum Gasteiger partial charge on any atom is 0.370 e. The normalized spacial score (nSPS) is 20.2. The van der Waals surface area contributed by atoms with Crippen LogP contribution >= 0.6 is 7.60 Å². The number of nitrogens with one attached hydrogen (secondary N) is 1. The van der Waals surface area contributed by atoms with Crippen molar-refractivity contribution < 1.29 is 27.9 Å². The number of esters is 1. The lowest BCUT2D eigenvalue weighted by Gasteiger charge is -2.27. The molecule has 0 saturated heterocycles. The van der Waals surface area contributed by atoms with Gasteiger partial charge in [-0.05, 0) is 20.8 Å². The summed E-state index contributed by atoms with van der Waals surface area (Å²) in [5.41, 5.74) is -1.05. The van der Waals surface area contributed by atoms with Crippen LogP contribution in [0.4, 0.5) is 0 Å². The van der Waals surface area contributed by atoms with Crippen LogP contribution in [0.15, 0.2) is 34.0 Å². The number of aromatic amines is 1. The maximum absolute atomic E-state index is 13.1. The third-order valence-electron chi connectivity index (χ3n) is 3.93. The third-order valence-corrected chi connectivity index (χ3v) is 6.07. The zero-order chi connectivity index (χ0) is 20.7. The Morgan fingerprint density at radius 2 is 1.89 bits per heavy atom. The summed E-state index contributed by atoms with van der Waals surface area (Å²) >= 11 is 0. The quantitative estimate of drug-likeness (QED) is 0.346. The molecular formula is C17H25N2O8P. The van der Waals surface area contributed by atoms with Gasteiger partial charge in [0.2, 0.25) is 0 Å². The van der Waals surface area contributed by atoms with E-state index < -0.39 is 42.8 Å². The Bertz CT molecular complexity index is 851. The number of carbonyl (C=O) groups excluding carboxylic acids is 1. The fourth-order valence-corrected chi connectivity index (χ4v) is 4.52. The number of hydrogen-bond donors (Lipinski definition) is 1. The number of nitrogens with zero attached hydrogens (tertiary/aromatic N) is 1. The molecule has 0 saturated carbocycles. The van der Waals surface area contributed by atoms with E-state index in [0.717, 1.165) is 0 Å².